The minimum absolute atomic E-state index is 0.121. The number of fused-ring (bicyclic) bond motifs is 1. The van der Waals surface area contributed by atoms with Crippen LogP contribution in [0.4, 0.5) is 5.82 Å². The van der Waals surface area contributed by atoms with Crippen molar-refractivity contribution < 1.29 is 13.5 Å². The molecule has 0 saturated carbocycles. The fraction of sp³-hybridized carbons (Fsp3) is 0.400. The van der Waals surface area contributed by atoms with Crippen LogP contribution < -0.4 is 4.90 Å². The van der Waals surface area contributed by atoms with Crippen molar-refractivity contribution in [3.8, 4) is 0 Å². The van der Waals surface area contributed by atoms with Crippen LogP contribution in [-0.2, 0) is 16.4 Å². The molecule has 0 radical (unpaired) electrons. The Morgan fingerprint density at radius 3 is 2.81 bits per heavy atom. The number of rotatable bonds is 2. The molecule has 0 unspecified atom stereocenters. The largest absolute Gasteiger partial charge is 0.390 e. The molecule has 1 aliphatic heterocycles. The van der Waals surface area contributed by atoms with E-state index in [-0.39, 0.29) is 18.1 Å². The number of nitrogens with zero attached hydrogens (tertiary/aromatic N) is 2. The summed E-state index contributed by atoms with van der Waals surface area (Å²) in [5.41, 5.74) is 0.607. The van der Waals surface area contributed by atoms with E-state index in [1.165, 1.54) is 0 Å². The summed E-state index contributed by atoms with van der Waals surface area (Å²) in [6.45, 7) is 1.00. The van der Waals surface area contributed by atoms with E-state index in [1.54, 1.807) is 0 Å². The fourth-order valence-corrected chi connectivity index (χ4v) is 3.98. The molecular formula is C15H18N2O3S. The predicted molar refractivity (Wildman–Crippen MR) is 83.1 cm³/mol. The Morgan fingerprint density at radius 2 is 2.00 bits per heavy atom. The van der Waals surface area contributed by atoms with Gasteiger partial charge in [0.2, 0.25) is 0 Å². The Labute approximate surface area is 124 Å². The van der Waals surface area contributed by atoms with E-state index in [9.17, 15) is 13.5 Å². The Kier molecular flexibility index (Phi) is 3.82. The van der Waals surface area contributed by atoms with Crippen molar-refractivity contribution in [1.82, 2.24) is 4.98 Å². The maximum Gasteiger partial charge on any atom is 0.152 e. The summed E-state index contributed by atoms with van der Waals surface area (Å²) < 4.78 is 23.5. The first kappa shape index (κ1) is 14.3. The number of hydrogen-bond acceptors (Lipinski definition) is 5. The van der Waals surface area contributed by atoms with Crippen molar-refractivity contribution in [2.75, 3.05) is 29.5 Å². The number of aromatic nitrogens is 1. The fourth-order valence-electron chi connectivity index (χ4n) is 2.71. The molecule has 1 fully saturated rings. The van der Waals surface area contributed by atoms with Gasteiger partial charge in [-0.2, -0.15) is 0 Å². The average Bonchev–Trinajstić information content (AvgIpc) is 2.67. The highest BCUT2D eigenvalue weighted by molar-refractivity contribution is 7.91. The number of benzene rings is 1. The third kappa shape index (κ3) is 3.01. The molecule has 1 aromatic carbocycles. The van der Waals surface area contributed by atoms with Crippen molar-refractivity contribution in [3.05, 3.63) is 36.0 Å². The molecule has 0 spiro atoms. The molecule has 5 nitrogen and oxygen atoms in total. The Bertz CT molecular complexity index is 759. The zero-order valence-electron chi connectivity index (χ0n) is 11.7. The molecule has 6 heteroatoms. The first-order chi connectivity index (χ1) is 10.1. The SMILES string of the molecule is O=S1(=O)CCCN(c2nc(CO)cc3ccccc23)CC1. The summed E-state index contributed by atoms with van der Waals surface area (Å²) in [6, 6.07) is 9.72. The summed E-state index contributed by atoms with van der Waals surface area (Å²) >= 11 is 0. The van der Waals surface area contributed by atoms with E-state index >= 15 is 0 Å². The molecule has 0 amide bonds. The predicted octanol–water partition coefficient (Wildman–Crippen LogP) is 1.35. The summed E-state index contributed by atoms with van der Waals surface area (Å²) in [5.74, 6) is 1.17. The van der Waals surface area contributed by atoms with E-state index in [2.05, 4.69) is 4.98 Å². The van der Waals surface area contributed by atoms with E-state index < -0.39 is 9.84 Å². The van der Waals surface area contributed by atoms with Gasteiger partial charge in [0.15, 0.2) is 9.84 Å². The maximum atomic E-state index is 11.7. The summed E-state index contributed by atoms with van der Waals surface area (Å²) in [5, 5.41) is 11.4. The van der Waals surface area contributed by atoms with Crippen LogP contribution in [0.25, 0.3) is 10.8 Å². The third-order valence-corrected chi connectivity index (χ3v) is 5.51. The van der Waals surface area contributed by atoms with Crippen molar-refractivity contribution >= 4 is 26.4 Å². The van der Waals surface area contributed by atoms with Crippen LogP contribution in [0.5, 0.6) is 0 Å². The number of anilines is 1. The van der Waals surface area contributed by atoms with Crippen LogP contribution in [-0.4, -0.2) is 43.1 Å². The van der Waals surface area contributed by atoms with Crippen molar-refractivity contribution in [2.24, 2.45) is 0 Å². The summed E-state index contributed by atoms with van der Waals surface area (Å²) in [7, 11) is -2.95. The van der Waals surface area contributed by atoms with Crippen molar-refractivity contribution in [3.63, 3.8) is 0 Å². The summed E-state index contributed by atoms with van der Waals surface area (Å²) in [4.78, 5) is 6.53. The van der Waals surface area contributed by atoms with E-state index in [0.717, 1.165) is 16.6 Å². The molecule has 1 aliphatic rings. The van der Waals surface area contributed by atoms with Crippen LogP contribution in [0.1, 0.15) is 12.1 Å². The van der Waals surface area contributed by atoms with Gasteiger partial charge < -0.3 is 10.0 Å². The van der Waals surface area contributed by atoms with Gasteiger partial charge in [-0.1, -0.05) is 24.3 Å². The lowest BCUT2D eigenvalue weighted by Gasteiger charge is -2.23. The van der Waals surface area contributed by atoms with Gasteiger partial charge >= 0.3 is 0 Å². The van der Waals surface area contributed by atoms with Crippen LogP contribution >= 0.6 is 0 Å². The van der Waals surface area contributed by atoms with Crippen LogP contribution in [0, 0.1) is 0 Å². The van der Waals surface area contributed by atoms with Crippen LogP contribution in [0.15, 0.2) is 30.3 Å². The standard InChI is InChI=1S/C15H18N2O3S/c18-11-13-10-12-4-1-2-5-14(12)15(16-13)17-6-3-8-21(19,20)9-7-17/h1-2,4-5,10,18H,3,6-9,11H2. The number of hydrogen-bond donors (Lipinski definition) is 1. The molecule has 21 heavy (non-hydrogen) atoms. The highest BCUT2D eigenvalue weighted by Crippen LogP contribution is 2.27. The average molecular weight is 306 g/mol. The van der Waals surface area contributed by atoms with Gasteiger partial charge in [-0.05, 0) is 17.9 Å². The molecule has 0 atom stereocenters. The highest BCUT2D eigenvalue weighted by atomic mass is 32.2. The van der Waals surface area contributed by atoms with E-state index in [1.807, 2.05) is 35.2 Å². The van der Waals surface area contributed by atoms with Gasteiger partial charge in [0.25, 0.3) is 0 Å². The molecule has 3 rings (SSSR count). The Morgan fingerprint density at radius 1 is 1.19 bits per heavy atom. The zero-order chi connectivity index (χ0) is 14.9. The van der Waals surface area contributed by atoms with Crippen LogP contribution in [0.3, 0.4) is 0 Å². The van der Waals surface area contributed by atoms with E-state index in [4.69, 9.17) is 0 Å². The minimum Gasteiger partial charge on any atom is -0.390 e. The lowest BCUT2D eigenvalue weighted by atomic mass is 10.1. The highest BCUT2D eigenvalue weighted by Gasteiger charge is 2.21. The van der Waals surface area contributed by atoms with Crippen molar-refractivity contribution in [2.45, 2.75) is 13.0 Å². The first-order valence-corrected chi connectivity index (χ1v) is 8.86. The second kappa shape index (κ2) is 5.61. The number of sulfone groups is 1. The molecule has 2 aromatic rings. The molecular weight excluding hydrogens is 288 g/mol. The molecule has 2 heterocycles. The second-order valence-corrected chi connectivity index (χ2v) is 7.61. The summed E-state index contributed by atoms with van der Waals surface area (Å²) in [6.07, 6.45) is 0.613. The minimum atomic E-state index is -2.95. The monoisotopic (exact) mass is 306 g/mol. The molecule has 1 saturated heterocycles. The first-order valence-electron chi connectivity index (χ1n) is 7.04. The third-order valence-electron chi connectivity index (χ3n) is 3.79. The second-order valence-electron chi connectivity index (χ2n) is 5.31. The number of aliphatic hydroxyl groups is 1. The quantitative estimate of drug-likeness (QED) is 0.907. The maximum absolute atomic E-state index is 11.7. The molecule has 0 aliphatic carbocycles. The lowest BCUT2D eigenvalue weighted by molar-refractivity contribution is 0.277. The van der Waals surface area contributed by atoms with Crippen molar-refractivity contribution in [1.29, 1.82) is 0 Å². The molecule has 1 N–H and O–H groups in total. The van der Waals surface area contributed by atoms with E-state index in [0.29, 0.717) is 25.2 Å². The Balaban J connectivity index is 2.06. The number of pyridine rings is 1. The van der Waals surface area contributed by atoms with Crippen LogP contribution in [0.2, 0.25) is 0 Å². The normalized spacial score (nSPS) is 18.6. The Hall–Kier alpha value is -1.66. The van der Waals surface area contributed by atoms with Gasteiger partial charge in [-0.3, -0.25) is 0 Å². The molecule has 1 aromatic heterocycles. The number of aliphatic hydroxyl groups excluding tert-OH is 1. The smallest absolute Gasteiger partial charge is 0.152 e. The lowest BCUT2D eigenvalue weighted by Crippen LogP contribution is -2.28. The van der Waals surface area contributed by atoms with Gasteiger partial charge in [0, 0.05) is 18.5 Å². The molecule has 112 valence electrons. The van der Waals surface area contributed by atoms with Gasteiger partial charge in [-0.25, -0.2) is 13.4 Å². The molecule has 0 bridgehead atoms. The van der Waals surface area contributed by atoms with Gasteiger partial charge in [0.1, 0.15) is 5.82 Å². The zero-order valence-corrected chi connectivity index (χ0v) is 12.5. The van der Waals surface area contributed by atoms with Gasteiger partial charge in [0.05, 0.1) is 23.8 Å². The topological polar surface area (TPSA) is 70.5 Å². The van der Waals surface area contributed by atoms with Gasteiger partial charge in [-0.15, -0.1) is 0 Å².